The fourth-order valence-electron chi connectivity index (χ4n) is 0.973. The fraction of sp³-hybridized carbons (Fsp3) is 0.889. The summed E-state index contributed by atoms with van der Waals surface area (Å²) in [5.41, 5.74) is 0. The van der Waals surface area contributed by atoms with Crippen LogP contribution < -0.4 is 0 Å². The molecule has 3 nitrogen and oxygen atoms in total. The summed E-state index contributed by atoms with van der Waals surface area (Å²) in [6, 6.07) is 0. The minimum Gasteiger partial charge on any atom is -0.300 e. The minimum atomic E-state index is -2.97. The number of carbonyl (C=O) groups is 1. The number of hydrogen-bond acceptors (Lipinski definition) is 3. The molecule has 0 aliphatic rings. The van der Waals surface area contributed by atoms with E-state index >= 15 is 0 Å². The van der Waals surface area contributed by atoms with Gasteiger partial charge in [-0.1, -0.05) is 19.8 Å². The summed E-state index contributed by atoms with van der Waals surface area (Å²) in [5, 5.41) is 0. The summed E-state index contributed by atoms with van der Waals surface area (Å²) in [4.78, 5) is 10.6. The second kappa shape index (κ2) is 6.13. The number of Topliss-reactive ketones (excluding diaryl/α,β-unsaturated/α-hetero) is 1. The van der Waals surface area contributed by atoms with Crippen LogP contribution in [0.5, 0.6) is 0 Å². The summed E-state index contributed by atoms with van der Waals surface area (Å²) in [7, 11) is -2.97. The Morgan fingerprint density at radius 3 is 2.23 bits per heavy atom. The molecule has 0 spiro atoms. The lowest BCUT2D eigenvalue weighted by atomic mass is 10.3. The normalized spacial score (nSPS) is 11.5. The van der Waals surface area contributed by atoms with Gasteiger partial charge in [-0.25, -0.2) is 8.42 Å². The lowest BCUT2D eigenvalue weighted by Crippen LogP contribution is -2.13. The first-order valence-electron chi connectivity index (χ1n) is 4.68. The molecule has 78 valence electrons. The summed E-state index contributed by atoms with van der Waals surface area (Å²) in [6.07, 6.45) is 2.84. The molecule has 0 rings (SSSR count). The first kappa shape index (κ1) is 12.6. The number of ketones is 1. The molecule has 0 radical (unpaired) electrons. The first-order chi connectivity index (χ1) is 5.98. The van der Waals surface area contributed by atoms with Gasteiger partial charge < -0.3 is 0 Å². The summed E-state index contributed by atoms with van der Waals surface area (Å²) in [5.74, 6) is 0.194. The predicted octanol–water partition coefficient (Wildman–Crippen LogP) is 1.57. The van der Waals surface area contributed by atoms with Gasteiger partial charge in [-0.15, -0.1) is 0 Å². The van der Waals surface area contributed by atoms with Gasteiger partial charge in [0.05, 0.1) is 11.5 Å². The van der Waals surface area contributed by atoms with Crippen LogP contribution >= 0.6 is 0 Å². The molecule has 0 aromatic rings. The monoisotopic (exact) mass is 206 g/mol. The largest absolute Gasteiger partial charge is 0.300 e. The SMILES string of the molecule is CCCCCS(=O)(=O)CCC(C)=O. The van der Waals surface area contributed by atoms with Crippen molar-refractivity contribution in [2.24, 2.45) is 0 Å². The van der Waals surface area contributed by atoms with Crippen LogP contribution in [-0.2, 0) is 14.6 Å². The topological polar surface area (TPSA) is 51.2 Å². The zero-order valence-corrected chi connectivity index (χ0v) is 9.19. The average Bonchev–Trinajstić information content (AvgIpc) is 2.02. The number of sulfone groups is 1. The van der Waals surface area contributed by atoms with Crippen molar-refractivity contribution in [1.82, 2.24) is 0 Å². The maximum Gasteiger partial charge on any atom is 0.150 e. The third-order valence-electron chi connectivity index (χ3n) is 1.82. The van der Waals surface area contributed by atoms with E-state index in [1.807, 2.05) is 6.92 Å². The molecule has 0 amide bonds. The molecule has 0 saturated heterocycles. The van der Waals surface area contributed by atoms with Crippen LogP contribution in [0.15, 0.2) is 0 Å². The average molecular weight is 206 g/mol. The minimum absolute atomic E-state index is 0.0199. The fourth-order valence-corrected chi connectivity index (χ4v) is 2.42. The predicted molar refractivity (Wildman–Crippen MR) is 53.5 cm³/mol. The van der Waals surface area contributed by atoms with Gasteiger partial charge in [0.25, 0.3) is 0 Å². The van der Waals surface area contributed by atoms with Crippen molar-refractivity contribution in [2.45, 2.75) is 39.5 Å². The second-order valence-electron chi connectivity index (χ2n) is 3.31. The van der Waals surface area contributed by atoms with Gasteiger partial charge in [0.15, 0.2) is 9.84 Å². The van der Waals surface area contributed by atoms with E-state index in [1.54, 1.807) is 0 Å². The Kier molecular flexibility index (Phi) is 5.95. The van der Waals surface area contributed by atoms with Gasteiger partial charge in [0, 0.05) is 6.42 Å². The third-order valence-corrected chi connectivity index (χ3v) is 3.56. The van der Waals surface area contributed by atoms with E-state index in [0.29, 0.717) is 0 Å². The van der Waals surface area contributed by atoms with Crippen molar-refractivity contribution in [3.05, 3.63) is 0 Å². The van der Waals surface area contributed by atoms with E-state index in [9.17, 15) is 13.2 Å². The zero-order valence-electron chi connectivity index (χ0n) is 8.38. The molecule has 0 atom stereocenters. The summed E-state index contributed by atoms with van der Waals surface area (Å²) in [6.45, 7) is 3.45. The van der Waals surface area contributed by atoms with Gasteiger partial charge in [-0.2, -0.15) is 0 Å². The van der Waals surface area contributed by atoms with E-state index < -0.39 is 9.84 Å². The van der Waals surface area contributed by atoms with Crippen LogP contribution in [0.4, 0.5) is 0 Å². The van der Waals surface area contributed by atoms with E-state index in [-0.39, 0.29) is 23.7 Å². The van der Waals surface area contributed by atoms with Gasteiger partial charge in [-0.3, -0.25) is 4.79 Å². The molecule has 0 N–H and O–H groups in total. The molecule has 0 unspecified atom stereocenters. The first-order valence-corrected chi connectivity index (χ1v) is 6.50. The van der Waals surface area contributed by atoms with Gasteiger partial charge in [0.2, 0.25) is 0 Å². The highest BCUT2D eigenvalue weighted by Gasteiger charge is 2.10. The molecule has 0 bridgehead atoms. The maximum absolute atomic E-state index is 11.3. The second-order valence-corrected chi connectivity index (χ2v) is 5.61. The van der Waals surface area contributed by atoms with Crippen molar-refractivity contribution in [3.63, 3.8) is 0 Å². The Labute approximate surface area is 80.4 Å². The molecule has 4 heteroatoms. The van der Waals surface area contributed by atoms with E-state index in [4.69, 9.17) is 0 Å². The Morgan fingerprint density at radius 1 is 1.15 bits per heavy atom. The molecule has 0 heterocycles. The molecule has 0 aromatic heterocycles. The zero-order chi connectivity index (χ0) is 10.3. The molecular weight excluding hydrogens is 188 g/mol. The summed E-state index contributed by atoms with van der Waals surface area (Å²) >= 11 is 0. The van der Waals surface area contributed by atoms with Gasteiger partial charge in [-0.05, 0) is 13.3 Å². The molecule has 0 saturated carbocycles. The Hall–Kier alpha value is -0.380. The van der Waals surface area contributed by atoms with E-state index in [1.165, 1.54) is 6.92 Å². The van der Waals surface area contributed by atoms with Crippen molar-refractivity contribution < 1.29 is 13.2 Å². The van der Waals surface area contributed by atoms with Gasteiger partial charge in [0.1, 0.15) is 5.78 Å². The molecule has 13 heavy (non-hydrogen) atoms. The van der Waals surface area contributed by atoms with Crippen LogP contribution in [-0.4, -0.2) is 25.7 Å². The van der Waals surface area contributed by atoms with Crippen LogP contribution in [0.2, 0.25) is 0 Å². The number of rotatable bonds is 7. The van der Waals surface area contributed by atoms with E-state index in [2.05, 4.69) is 0 Å². The smallest absolute Gasteiger partial charge is 0.150 e. The third kappa shape index (κ3) is 7.96. The standard InChI is InChI=1S/C9H18O3S/c1-3-4-5-7-13(11,12)8-6-9(2)10/h3-8H2,1-2H3. The van der Waals surface area contributed by atoms with Crippen molar-refractivity contribution in [3.8, 4) is 0 Å². The van der Waals surface area contributed by atoms with Crippen LogP contribution in [0.3, 0.4) is 0 Å². The molecule has 0 aliphatic carbocycles. The Morgan fingerprint density at radius 2 is 1.77 bits per heavy atom. The highest BCUT2D eigenvalue weighted by molar-refractivity contribution is 7.91. The molecule has 0 fully saturated rings. The van der Waals surface area contributed by atoms with Crippen LogP contribution in [0.1, 0.15) is 39.5 Å². The quantitative estimate of drug-likeness (QED) is 0.594. The summed E-state index contributed by atoms with van der Waals surface area (Å²) < 4.78 is 22.5. The van der Waals surface area contributed by atoms with Gasteiger partial charge >= 0.3 is 0 Å². The lowest BCUT2D eigenvalue weighted by Gasteiger charge is -2.01. The van der Waals surface area contributed by atoms with Crippen LogP contribution in [0.25, 0.3) is 0 Å². The molecule has 0 aromatic carbocycles. The Bertz CT molecular complexity index is 242. The van der Waals surface area contributed by atoms with Crippen LogP contribution in [0, 0.1) is 0 Å². The molecular formula is C9H18O3S. The Balaban J connectivity index is 3.74. The van der Waals surface area contributed by atoms with E-state index in [0.717, 1.165) is 19.3 Å². The highest BCUT2D eigenvalue weighted by atomic mass is 32.2. The maximum atomic E-state index is 11.3. The van der Waals surface area contributed by atoms with Crippen molar-refractivity contribution in [1.29, 1.82) is 0 Å². The number of carbonyl (C=O) groups excluding carboxylic acids is 1. The molecule has 0 aliphatic heterocycles. The van der Waals surface area contributed by atoms with Crippen molar-refractivity contribution >= 4 is 15.6 Å². The number of unbranched alkanes of at least 4 members (excludes halogenated alkanes) is 2. The lowest BCUT2D eigenvalue weighted by molar-refractivity contribution is -0.116. The highest BCUT2D eigenvalue weighted by Crippen LogP contribution is 2.01. The number of hydrogen-bond donors (Lipinski definition) is 0. The van der Waals surface area contributed by atoms with Crippen molar-refractivity contribution in [2.75, 3.05) is 11.5 Å².